The maximum Gasteiger partial charge on any atom is 0.270 e. The number of aromatic nitrogens is 2. The largest absolute Gasteiger partial charge is 0.307 e. The Labute approximate surface area is 146 Å². The molecule has 1 aromatic heterocycles. The van der Waals surface area contributed by atoms with Crippen molar-refractivity contribution < 1.29 is 9.72 Å². The third-order valence-corrected chi connectivity index (χ3v) is 4.93. The van der Waals surface area contributed by atoms with Crippen LogP contribution >= 0.6 is 22.6 Å². The summed E-state index contributed by atoms with van der Waals surface area (Å²) in [5.41, 5.74) is 0.193. The highest BCUT2D eigenvalue weighted by Gasteiger charge is 2.22. The molecule has 1 N–H and O–H groups in total. The number of nitro benzene ring substituents is 1. The van der Waals surface area contributed by atoms with Gasteiger partial charge in [-0.1, -0.05) is 12.8 Å². The first-order valence-corrected chi connectivity index (χ1v) is 8.43. The van der Waals surface area contributed by atoms with Gasteiger partial charge in [0.2, 0.25) is 0 Å². The topological polar surface area (TPSA) is 90.1 Å². The van der Waals surface area contributed by atoms with Crippen LogP contribution in [-0.2, 0) is 0 Å². The van der Waals surface area contributed by atoms with Crippen molar-refractivity contribution in [2.45, 2.75) is 31.7 Å². The molecule has 1 aliphatic rings. The predicted molar refractivity (Wildman–Crippen MR) is 93.5 cm³/mol. The molecule has 2 aromatic rings. The summed E-state index contributed by atoms with van der Waals surface area (Å²) in [6.07, 6.45) is 6.10. The van der Waals surface area contributed by atoms with Crippen LogP contribution in [0.2, 0.25) is 0 Å². The van der Waals surface area contributed by atoms with E-state index in [2.05, 4.69) is 10.4 Å². The summed E-state index contributed by atoms with van der Waals surface area (Å²) >= 11 is 2.00. The normalized spacial score (nSPS) is 14.8. The van der Waals surface area contributed by atoms with E-state index in [1.165, 1.54) is 25.0 Å². The van der Waals surface area contributed by atoms with E-state index in [1.54, 1.807) is 18.3 Å². The standard InChI is InChI=1S/C15H15IN4O3/c16-13-6-5-11(20(22)23)9-12(13)15(21)18-14-7-8-17-19(14)10-3-1-2-4-10/h5-10H,1-4H2,(H,18,21). The zero-order valence-corrected chi connectivity index (χ0v) is 14.4. The molecule has 0 aliphatic heterocycles. The number of hydrogen-bond donors (Lipinski definition) is 1. The minimum Gasteiger partial charge on any atom is -0.307 e. The summed E-state index contributed by atoms with van der Waals surface area (Å²) in [5.74, 6) is 0.266. The van der Waals surface area contributed by atoms with Gasteiger partial charge in [0.05, 0.1) is 22.7 Å². The summed E-state index contributed by atoms with van der Waals surface area (Å²) in [5, 5.41) is 18.0. The average molecular weight is 426 g/mol. The molecule has 1 fully saturated rings. The van der Waals surface area contributed by atoms with E-state index in [1.807, 2.05) is 27.3 Å². The van der Waals surface area contributed by atoms with Gasteiger partial charge < -0.3 is 5.32 Å². The Morgan fingerprint density at radius 2 is 2.09 bits per heavy atom. The van der Waals surface area contributed by atoms with Crippen LogP contribution in [0.1, 0.15) is 42.1 Å². The fraction of sp³-hybridized carbons (Fsp3) is 0.333. The second-order valence-electron chi connectivity index (χ2n) is 5.47. The fourth-order valence-electron chi connectivity index (χ4n) is 2.84. The Balaban J connectivity index is 1.84. The second-order valence-corrected chi connectivity index (χ2v) is 6.64. The van der Waals surface area contributed by atoms with Gasteiger partial charge in [0.25, 0.3) is 11.6 Å². The summed E-state index contributed by atoms with van der Waals surface area (Å²) in [7, 11) is 0. The highest BCUT2D eigenvalue weighted by molar-refractivity contribution is 14.1. The third kappa shape index (κ3) is 3.36. The zero-order chi connectivity index (χ0) is 16.4. The first kappa shape index (κ1) is 15.9. The quantitative estimate of drug-likeness (QED) is 0.458. The van der Waals surface area contributed by atoms with Crippen molar-refractivity contribution in [1.29, 1.82) is 0 Å². The number of halogens is 1. The van der Waals surface area contributed by atoms with E-state index in [0.29, 0.717) is 21.0 Å². The highest BCUT2D eigenvalue weighted by Crippen LogP contribution is 2.31. The molecule has 0 atom stereocenters. The molecule has 8 heteroatoms. The van der Waals surface area contributed by atoms with E-state index in [0.717, 1.165) is 12.8 Å². The predicted octanol–water partition coefficient (Wildman–Crippen LogP) is 3.76. The van der Waals surface area contributed by atoms with Gasteiger partial charge in [-0.2, -0.15) is 5.10 Å². The van der Waals surface area contributed by atoms with Crippen LogP contribution in [0.25, 0.3) is 0 Å². The highest BCUT2D eigenvalue weighted by atomic mass is 127. The zero-order valence-electron chi connectivity index (χ0n) is 12.2. The maximum absolute atomic E-state index is 12.5. The molecule has 7 nitrogen and oxygen atoms in total. The number of carbonyl (C=O) groups is 1. The van der Waals surface area contributed by atoms with Crippen molar-refractivity contribution in [2.24, 2.45) is 0 Å². The molecule has 23 heavy (non-hydrogen) atoms. The lowest BCUT2D eigenvalue weighted by atomic mass is 10.2. The molecule has 1 amide bonds. The van der Waals surface area contributed by atoms with Crippen molar-refractivity contribution in [1.82, 2.24) is 9.78 Å². The number of rotatable bonds is 4. The van der Waals surface area contributed by atoms with Gasteiger partial charge in [-0.15, -0.1) is 0 Å². The lowest BCUT2D eigenvalue weighted by molar-refractivity contribution is -0.384. The number of nitrogens with zero attached hydrogens (tertiary/aromatic N) is 3. The van der Waals surface area contributed by atoms with E-state index in [9.17, 15) is 14.9 Å². The number of amides is 1. The Kier molecular flexibility index (Phi) is 4.60. The SMILES string of the molecule is O=C(Nc1ccnn1C1CCCC1)c1cc([N+](=O)[O-])ccc1I. The fourth-order valence-corrected chi connectivity index (χ4v) is 3.42. The third-order valence-electron chi connectivity index (χ3n) is 3.99. The van der Waals surface area contributed by atoms with Crippen LogP contribution in [0.4, 0.5) is 11.5 Å². The van der Waals surface area contributed by atoms with Crippen LogP contribution in [-0.4, -0.2) is 20.6 Å². The van der Waals surface area contributed by atoms with E-state index in [4.69, 9.17) is 0 Å². The molecule has 1 aliphatic carbocycles. The monoisotopic (exact) mass is 426 g/mol. The molecule has 0 radical (unpaired) electrons. The smallest absolute Gasteiger partial charge is 0.270 e. The van der Waals surface area contributed by atoms with Gasteiger partial charge in [-0.05, 0) is 41.5 Å². The Morgan fingerprint density at radius 1 is 1.35 bits per heavy atom. The number of nitro groups is 1. The summed E-state index contributed by atoms with van der Waals surface area (Å²) in [6.45, 7) is 0. The number of hydrogen-bond acceptors (Lipinski definition) is 4. The Bertz CT molecular complexity index is 753. The first-order chi connectivity index (χ1) is 11.1. The van der Waals surface area contributed by atoms with Crippen LogP contribution in [0.15, 0.2) is 30.5 Å². The maximum atomic E-state index is 12.5. The van der Waals surface area contributed by atoms with Gasteiger partial charge in [-0.3, -0.25) is 14.9 Å². The lowest BCUT2D eigenvalue weighted by Crippen LogP contribution is -2.18. The van der Waals surface area contributed by atoms with Crippen molar-refractivity contribution >= 4 is 40.0 Å². The number of carbonyl (C=O) groups excluding carboxylic acids is 1. The van der Waals surface area contributed by atoms with Gasteiger partial charge >= 0.3 is 0 Å². The first-order valence-electron chi connectivity index (χ1n) is 7.35. The number of benzene rings is 1. The number of non-ortho nitro benzene ring substituents is 1. The Hall–Kier alpha value is -1.97. The molecule has 0 saturated heterocycles. The molecule has 0 spiro atoms. The minimum absolute atomic E-state index is 0.0973. The van der Waals surface area contributed by atoms with E-state index >= 15 is 0 Å². The van der Waals surface area contributed by atoms with Crippen molar-refractivity contribution in [3.63, 3.8) is 0 Å². The molecule has 1 heterocycles. The molecule has 0 bridgehead atoms. The van der Waals surface area contributed by atoms with E-state index in [-0.39, 0.29) is 11.6 Å². The molecular formula is C15H15IN4O3. The lowest BCUT2D eigenvalue weighted by Gasteiger charge is -2.15. The van der Waals surface area contributed by atoms with Crippen molar-refractivity contribution in [3.05, 3.63) is 49.7 Å². The number of nitrogens with one attached hydrogen (secondary N) is 1. The summed E-state index contributed by atoms with van der Waals surface area (Å²) in [4.78, 5) is 22.9. The second kappa shape index (κ2) is 6.65. The summed E-state index contributed by atoms with van der Waals surface area (Å²) in [6, 6.07) is 6.32. The molecular weight excluding hydrogens is 411 g/mol. The van der Waals surface area contributed by atoms with Gasteiger partial charge in [0.15, 0.2) is 0 Å². The van der Waals surface area contributed by atoms with Crippen molar-refractivity contribution in [3.8, 4) is 0 Å². The van der Waals surface area contributed by atoms with Crippen LogP contribution < -0.4 is 5.32 Å². The Morgan fingerprint density at radius 3 is 2.78 bits per heavy atom. The molecule has 1 saturated carbocycles. The van der Waals surface area contributed by atoms with Gasteiger partial charge in [-0.25, -0.2) is 4.68 Å². The van der Waals surface area contributed by atoms with E-state index < -0.39 is 4.92 Å². The van der Waals surface area contributed by atoms with Crippen molar-refractivity contribution in [2.75, 3.05) is 5.32 Å². The van der Waals surface area contributed by atoms with Crippen LogP contribution in [0, 0.1) is 13.7 Å². The molecule has 1 aromatic carbocycles. The molecule has 120 valence electrons. The van der Waals surface area contributed by atoms with Gasteiger partial charge in [0, 0.05) is 21.8 Å². The number of anilines is 1. The molecule has 3 rings (SSSR count). The average Bonchev–Trinajstić information content (AvgIpc) is 3.17. The summed E-state index contributed by atoms with van der Waals surface area (Å²) < 4.78 is 2.51. The molecule has 0 unspecified atom stereocenters. The van der Waals surface area contributed by atoms with Crippen LogP contribution in [0.3, 0.4) is 0 Å². The van der Waals surface area contributed by atoms with Crippen LogP contribution in [0.5, 0.6) is 0 Å². The van der Waals surface area contributed by atoms with Gasteiger partial charge in [0.1, 0.15) is 5.82 Å². The minimum atomic E-state index is -0.504.